The lowest BCUT2D eigenvalue weighted by molar-refractivity contribution is 0.205. The molecule has 0 spiro atoms. The number of benzene rings is 1. The van der Waals surface area contributed by atoms with Crippen LogP contribution in [0.2, 0.25) is 0 Å². The Bertz CT molecular complexity index is 539. The average Bonchev–Trinajstić information content (AvgIpc) is 2.95. The lowest BCUT2D eigenvalue weighted by Gasteiger charge is -2.30. The third-order valence-electron chi connectivity index (χ3n) is 3.58. The quantitative estimate of drug-likeness (QED) is 0.837. The summed E-state index contributed by atoms with van der Waals surface area (Å²) in [6.45, 7) is 6.92. The SMILES string of the molecule is CCN(Cc1cccs1)C(CN)c1ccc(Br)c(C)c1. The molecular weight excluding hydrogens is 332 g/mol. The highest BCUT2D eigenvalue weighted by molar-refractivity contribution is 9.10. The Labute approximate surface area is 133 Å². The number of halogens is 1. The van der Waals surface area contributed by atoms with Crippen molar-refractivity contribution in [1.29, 1.82) is 0 Å². The fraction of sp³-hybridized carbons (Fsp3) is 0.375. The predicted octanol–water partition coefficient (Wildman–Crippen LogP) is 4.34. The lowest BCUT2D eigenvalue weighted by atomic mass is 10.0. The van der Waals surface area contributed by atoms with Gasteiger partial charge in [-0.3, -0.25) is 4.90 Å². The zero-order valence-electron chi connectivity index (χ0n) is 12.0. The van der Waals surface area contributed by atoms with Gasteiger partial charge in [0.2, 0.25) is 0 Å². The largest absolute Gasteiger partial charge is 0.329 e. The third kappa shape index (κ3) is 3.70. The van der Waals surface area contributed by atoms with E-state index in [0.717, 1.165) is 17.6 Å². The third-order valence-corrected chi connectivity index (χ3v) is 5.33. The van der Waals surface area contributed by atoms with Crippen LogP contribution < -0.4 is 5.73 Å². The van der Waals surface area contributed by atoms with E-state index in [9.17, 15) is 0 Å². The van der Waals surface area contributed by atoms with E-state index < -0.39 is 0 Å². The molecule has 1 heterocycles. The normalized spacial score (nSPS) is 12.8. The van der Waals surface area contributed by atoms with Crippen LogP contribution in [0.15, 0.2) is 40.2 Å². The summed E-state index contributed by atoms with van der Waals surface area (Å²) in [5, 5.41) is 2.13. The minimum Gasteiger partial charge on any atom is -0.329 e. The summed E-state index contributed by atoms with van der Waals surface area (Å²) in [6, 6.07) is 11.1. The van der Waals surface area contributed by atoms with E-state index in [1.165, 1.54) is 16.0 Å². The van der Waals surface area contributed by atoms with Crippen molar-refractivity contribution in [3.8, 4) is 0 Å². The maximum atomic E-state index is 6.05. The van der Waals surface area contributed by atoms with E-state index in [2.05, 4.69) is 70.4 Å². The molecule has 0 radical (unpaired) electrons. The average molecular weight is 353 g/mol. The first-order valence-electron chi connectivity index (χ1n) is 6.88. The molecular formula is C16H21BrN2S. The first-order chi connectivity index (χ1) is 9.65. The van der Waals surface area contributed by atoms with Crippen LogP contribution in [-0.4, -0.2) is 18.0 Å². The number of hydrogen-bond donors (Lipinski definition) is 1. The second-order valence-corrected chi connectivity index (χ2v) is 6.79. The molecule has 4 heteroatoms. The first-order valence-corrected chi connectivity index (χ1v) is 8.55. The molecule has 0 bridgehead atoms. The molecule has 0 saturated heterocycles. The maximum Gasteiger partial charge on any atom is 0.0474 e. The zero-order valence-corrected chi connectivity index (χ0v) is 14.4. The number of rotatable bonds is 6. The Morgan fingerprint density at radius 2 is 2.15 bits per heavy atom. The van der Waals surface area contributed by atoms with Crippen molar-refractivity contribution in [3.05, 3.63) is 56.2 Å². The van der Waals surface area contributed by atoms with Crippen LogP contribution in [0.25, 0.3) is 0 Å². The summed E-state index contributed by atoms with van der Waals surface area (Å²) in [5.41, 5.74) is 8.60. The monoisotopic (exact) mass is 352 g/mol. The van der Waals surface area contributed by atoms with Crippen molar-refractivity contribution < 1.29 is 0 Å². The molecule has 108 valence electrons. The van der Waals surface area contributed by atoms with Crippen molar-refractivity contribution in [2.24, 2.45) is 5.73 Å². The van der Waals surface area contributed by atoms with E-state index in [-0.39, 0.29) is 6.04 Å². The van der Waals surface area contributed by atoms with Crippen LogP contribution >= 0.6 is 27.3 Å². The molecule has 0 fully saturated rings. The molecule has 0 aliphatic heterocycles. The van der Waals surface area contributed by atoms with Crippen LogP contribution in [0.3, 0.4) is 0 Å². The number of hydrogen-bond acceptors (Lipinski definition) is 3. The van der Waals surface area contributed by atoms with Gasteiger partial charge in [-0.15, -0.1) is 11.3 Å². The standard InChI is InChI=1S/C16H21BrN2S/c1-3-19(11-14-5-4-8-20-14)16(10-18)13-6-7-15(17)12(2)9-13/h4-9,16H,3,10-11,18H2,1-2H3. The van der Waals surface area contributed by atoms with Crippen molar-refractivity contribution in [2.45, 2.75) is 26.4 Å². The Morgan fingerprint density at radius 3 is 2.70 bits per heavy atom. The molecule has 0 saturated carbocycles. The summed E-state index contributed by atoms with van der Waals surface area (Å²) >= 11 is 5.37. The van der Waals surface area contributed by atoms with Gasteiger partial charge in [0.15, 0.2) is 0 Å². The van der Waals surface area contributed by atoms with Gasteiger partial charge in [-0.05, 0) is 42.1 Å². The molecule has 0 aliphatic rings. The van der Waals surface area contributed by atoms with Gasteiger partial charge in [-0.1, -0.05) is 41.1 Å². The number of likely N-dealkylation sites (N-methyl/N-ethyl adjacent to an activating group) is 1. The van der Waals surface area contributed by atoms with Crippen molar-refractivity contribution in [2.75, 3.05) is 13.1 Å². The highest BCUT2D eigenvalue weighted by atomic mass is 79.9. The molecule has 2 aromatic rings. The summed E-state index contributed by atoms with van der Waals surface area (Å²) < 4.78 is 1.15. The minimum absolute atomic E-state index is 0.272. The van der Waals surface area contributed by atoms with Gasteiger partial charge in [0.1, 0.15) is 0 Å². The fourth-order valence-corrected chi connectivity index (χ4v) is 3.39. The first kappa shape index (κ1) is 15.7. The molecule has 1 aromatic carbocycles. The number of aryl methyl sites for hydroxylation is 1. The summed E-state index contributed by atoms with van der Waals surface area (Å²) in [4.78, 5) is 3.83. The Balaban J connectivity index is 2.21. The van der Waals surface area contributed by atoms with E-state index >= 15 is 0 Å². The molecule has 0 aliphatic carbocycles. The number of nitrogens with zero attached hydrogens (tertiary/aromatic N) is 1. The van der Waals surface area contributed by atoms with Crippen LogP contribution in [-0.2, 0) is 6.54 Å². The zero-order chi connectivity index (χ0) is 14.5. The molecule has 20 heavy (non-hydrogen) atoms. The van der Waals surface area contributed by atoms with Crippen LogP contribution in [0.1, 0.15) is 29.0 Å². The van der Waals surface area contributed by atoms with E-state index in [1.54, 1.807) is 11.3 Å². The smallest absolute Gasteiger partial charge is 0.0474 e. The maximum absolute atomic E-state index is 6.05. The van der Waals surface area contributed by atoms with Gasteiger partial charge in [0, 0.05) is 28.5 Å². The molecule has 2 N–H and O–H groups in total. The van der Waals surface area contributed by atoms with Gasteiger partial charge in [0.25, 0.3) is 0 Å². The Hall–Kier alpha value is -0.680. The van der Waals surface area contributed by atoms with Gasteiger partial charge in [-0.25, -0.2) is 0 Å². The summed E-state index contributed by atoms with van der Waals surface area (Å²) in [7, 11) is 0. The second-order valence-electron chi connectivity index (χ2n) is 4.90. The Morgan fingerprint density at radius 1 is 1.35 bits per heavy atom. The Kier molecular flexibility index (Phi) is 5.78. The molecule has 1 atom stereocenters. The van der Waals surface area contributed by atoms with Crippen molar-refractivity contribution in [3.63, 3.8) is 0 Å². The highest BCUT2D eigenvalue weighted by Gasteiger charge is 2.18. The van der Waals surface area contributed by atoms with Gasteiger partial charge >= 0.3 is 0 Å². The number of nitrogens with two attached hydrogens (primary N) is 1. The topological polar surface area (TPSA) is 29.3 Å². The molecule has 0 amide bonds. The summed E-state index contributed by atoms with van der Waals surface area (Å²) in [6.07, 6.45) is 0. The molecule has 2 rings (SSSR count). The van der Waals surface area contributed by atoms with E-state index in [4.69, 9.17) is 5.73 Å². The highest BCUT2D eigenvalue weighted by Crippen LogP contribution is 2.26. The van der Waals surface area contributed by atoms with Crippen LogP contribution in [0.5, 0.6) is 0 Å². The van der Waals surface area contributed by atoms with Gasteiger partial charge < -0.3 is 5.73 Å². The van der Waals surface area contributed by atoms with Crippen LogP contribution in [0.4, 0.5) is 0 Å². The molecule has 1 unspecified atom stereocenters. The van der Waals surface area contributed by atoms with Crippen LogP contribution in [0, 0.1) is 6.92 Å². The lowest BCUT2D eigenvalue weighted by Crippen LogP contribution is -2.33. The van der Waals surface area contributed by atoms with Gasteiger partial charge in [0.05, 0.1) is 0 Å². The minimum atomic E-state index is 0.272. The fourth-order valence-electron chi connectivity index (χ4n) is 2.42. The molecule has 1 aromatic heterocycles. The number of thiophene rings is 1. The van der Waals surface area contributed by atoms with E-state index in [0.29, 0.717) is 6.54 Å². The van der Waals surface area contributed by atoms with Crippen molar-refractivity contribution >= 4 is 27.3 Å². The van der Waals surface area contributed by atoms with E-state index in [1.807, 2.05) is 0 Å². The van der Waals surface area contributed by atoms with Crippen molar-refractivity contribution in [1.82, 2.24) is 4.90 Å². The van der Waals surface area contributed by atoms with Gasteiger partial charge in [-0.2, -0.15) is 0 Å². The predicted molar refractivity (Wildman–Crippen MR) is 91.1 cm³/mol. The second kappa shape index (κ2) is 7.36. The summed E-state index contributed by atoms with van der Waals surface area (Å²) in [5.74, 6) is 0. The molecule has 2 nitrogen and oxygen atoms in total.